The van der Waals surface area contributed by atoms with Crippen molar-refractivity contribution >= 4 is 29.1 Å². The van der Waals surface area contributed by atoms with E-state index in [9.17, 15) is 9.59 Å². The van der Waals surface area contributed by atoms with Crippen molar-refractivity contribution in [3.63, 3.8) is 0 Å². The maximum atomic E-state index is 12.1. The van der Waals surface area contributed by atoms with Crippen molar-refractivity contribution in [2.75, 3.05) is 19.0 Å². The number of halogens is 1. The van der Waals surface area contributed by atoms with Crippen molar-refractivity contribution in [1.82, 2.24) is 5.32 Å². The Labute approximate surface area is 133 Å². The number of hydrogen-bond donors (Lipinski definition) is 2. The van der Waals surface area contributed by atoms with Gasteiger partial charge in [-0.1, -0.05) is 23.7 Å². The fourth-order valence-electron chi connectivity index (χ4n) is 1.70. The van der Waals surface area contributed by atoms with Crippen LogP contribution in [-0.4, -0.2) is 25.5 Å². The second-order valence-electron chi connectivity index (χ2n) is 4.42. The number of ether oxygens (including phenoxy) is 1. The van der Waals surface area contributed by atoms with E-state index in [0.29, 0.717) is 22.0 Å². The number of amides is 2. The molecule has 22 heavy (non-hydrogen) atoms. The maximum Gasteiger partial charge on any atom is 0.257 e. The molecule has 2 aromatic rings. The Balaban J connectivity index is 1.98. The highest BCUT2D eigenvalue weighted by Gasteiger charge is 2.09. The zero-order chi connectivity index (χ0) is 15.9. The van der Waals surface area contributed by atoms with Crippen LogP contribution in [0.3, 0.4) is 0 Å². The van der Waals surface area contributed by atoms with Crippen molar-refractivity contribution in [2.24, 2.45) is 0 Å². The van der Waals surface area contributed by atoms with Gasteiger partial charge in [-0.25, -0.2) is 0 Å². The SMILES string of the molecule is CNC(=O)COc1ccc(NC(=O)c2ccccc2Cl)cc1. The van der Waals surface area contributed by atoms with Gasteiger partial charge in [-0.05, 0) is 36.4 Å². The molecule has 2 rings (SSSR count). The minimum atomic E-state index is -0.287. The van der Waals surface area contributed by atoms with Crippen molar-refractivity contribution in [1.29, 1.82) is 0 Å². The van der Waals surface area contributed by atoms with Crippen molar-refractivity contribution in [2.45, 2.75) is 0 Å². The van der Waals surface area contributed by atoms with Gasteiger partial charge in [-0.15, -0.1) is 0 Å². The van der Waals surface area contributed by atoms with Gasteiger partial charge in [0, 0.05) is 12.7 Å². The summed E-state index contributed by atoms with van der Waals surface area (Å²) in [6.07, 6.45) is 0. The van der Waals surface area contributed by atoms with Crippen LogP contribution in [0.15, 0.2) is 48.5 Å². The van der Waals surface area contributed by atoms with Gasteiger partial charge in [-0.3, -0.25) is 9.59 Å². The van der Waals surface area contributed by atoms with E-state index in [1.54, 1.807) is 55.6 Å². The molecule has 0 aromatic heterocycles. The van der Waals surface area contributed by atoms with Crippen molar-refractivity contribution in [3.8, 4) is 5.75 Å². The van der Waals surface area contributed by atoms with Crippen LogP contribution in [0.25, 0.3) is 0 Å². The van der Waals surface area contributed by atoms with E-state index in [-0.39, 0.29) is 18.4 Å². The Morgan fingerprint density at radius 1 is 1.09 bits per heavy atom. The Kier molecular flexibility index (Phi) is 5.38. The lowest BCUT2D eigenvalue weighted by molar-refractivity contribution is -0.122. The molecule has 0 radical (unpaired) electrons. The molecule has 6 heteroatoms. The number of carbonyl (C=O) groups is 2. The zero-order valence-electron chi connectivity index (χ0n) is 11.9. The smallest absolute Gasteiger partial charge is 0.257 e. The average Bonchev–Trinajstić information content (AvgIpc) is 2.54. The number of hydrogen-bond acceptors (Lipinski definition) is 3. The van der Waals surface area contributed by atoms with Crippen LogP contribution in [0.4, 0.5) is 5.69 Å². The number of likely N-dealkylation sites (N-methyl/N-ethyl adjacent to an activating group) is 1. The summed E-state index contributed by atoms with van der Waals surface area (Å²) < 4.78 is 5.28. The fraction of sp³-hybridized carbons (Fsp3) is 0.125. The summed E-state index contributed by atoms with van der Waals surface area (Å²) in [6.45, 7) is -0.0537. The molecule has 0 saturated carbocycles. The molecule has 0 aliphatic rings. The molecule has 2 aromatic carbocycles. The van der Waals surface area contributed by atoms with Gasteiger partial charge in [-0.2, -0.15) is 0 Å². The van der Waals surface area contributed by atoms with E-state index >= 15 is 0 Å². The standard InChI is InChI=1S/C16H15ClN2O3/c1-18-15(20)10-22-12-8-6-11(7-9-12)19-16(21)13-4-2-3-5-14(13)17/h2-9H,10H2,1H3,(H,18,20)(H,19,21). The van der Waals surface area contributed by atoms with Crippen LogP contribution >= 0.6 is 11.6 Å². The molecule has 5 nitrogen and oxygen atoms in total. The van der Waals surface area contributed by atoms with Crippen molar-refractivity contribution < 1.29 is 14.3 Å². The third-order valence-electron chi connectivity index (χ3n) is 2.88. The molecule has 0 fully saturated rings. The fourth-order valence-corrected chi connectivity index (χ4v) is 1.92. The Hall–Kier alpha value is -2.53. The summed E-state index contributed by atoms with van der Waals surface area (Å²) in [7, 11) is 1.54. The van der Waals surface area contributed by atoms with Gasteiger partial charge < -0.3 is 15.4 Å². The van der Waals surface area contributed by atoms with Gasteiger partial charge in [0.1, 0.15) is 5.75 Å². The average molecular weight is 319 g/mol. The van der Waals surface area contributed by atoms with E-state index in [1.165, 1.54) is 0 Å². The maximum absolute atomic E-state index is 12.1. The molecule has 2 amide bonds. The van der Waals surface area contributed by atoms with Gasteiger partial charge >= 0.3 is 0 Å². The molecule has 0 atom stereocenters. The second-order valence-corrected chi connectivity index (χ2v) is 4.83. The van der Waals surface area contributed by atoms with Crippen LogP contribution in [-0.2, 0) is 4.79 Å². The second kappa shape index (κ2) is 7.47. The summed E-state index contributed by atoms with van der Waals surface area (Å²) in [5, 5.41) is 5.60. The number of anilines is 1. The molecule has 0 unspecified atom stereocenters. The highest BCUT2D eigenvalue weighted by Crippen LogP contribution is 2.19. The minimum absolute atomic E-state index is 0.0537. The summed E-state index contributed by atoms with van der Waals surface area (Å²) >= 11 is 5.98. The topological polar surface area (TPSA) is 67.4 Å². The summed E-state index contributed by atoms with van der Waals surface area (Å²) in [6, 6.07) is 13.5. The van der Waals surface area contributed by atoms with Crippen LogP contribution in [0.5, 0.6) is 5.75 Å². The lowest BCUT2D eigenvalue weighted by atomic mass is 10.2. The third kappa shape index (κ3) is 4.23. The molecular weight excluding hydrogens is 304 g/mol. The third-order valence-corrected chi connectivity index (χ3v) is 3.21. The summed E-state index contributed by atoms with van der Waals surface area (Å²) in [5.74, 6) is 0.0417. The number of nitrogens with one attached hydrogen (secondary N) is 2. The zero-order valence-corrected chi connectivity index (χ0v) is 12.7. The molecule has 0 heterocycles. The quantitative estimate of drug-likeness (QED) is 0.890. The van der Waals surface area contributed by atoms with E-state index < -0.39 is 0 Å². The normalized spacial score (nSPS) is 9.91. The van der Waals surface area contributed by atoms with Crippen molar-refractivity contribution in [3.05, 3.63) is 59.1 Å². The molecule has 0 aliphatic carbocycles. The van der Waals surface area contributed by atoms with Crippen LogP contribution in [0.2, 0.25) is 5.02 Å². The predicted octanol–water partition coefficient (Wildman–Crippen LogP) is 2.72. The first-order valence-electron chi connectivity index (χ1n) is 6.59. The Morgan fingerprint density at radius 3 is 2.41 bits per heavy atom. The molecule has 0 saturated heterocycles. The highest BCUT2D eigenvalue weighted by molar-refractivity contribution is 6.34. The first kappa shape index (κ1) is 15.9. The van der Waals surface area contributed by atoms with Crippen LogP contribution < -0.4 is 15.4 Å². The molecule has 0 spiro atoms. The van der Waals surface area contributed by atoms with Gasteiger partial charge in [0.2, 0.25) is 0 Å². The molecule has 114 valence electrons. The molecule has 0 aliphatic heterocycles. The molecule has 0 bridgehead atoms. The lowest BCUT2D eigenvalue weighted by Gasteiger charge is -2.08. The number of benzene rings is 2. The van der Waals surface area contributed by atoms with Gasteiger partial charge in [0.05, 0.1) is 10.6 Å². The number of rotatable bonds is 5. The predicted molar refractivity (Wildman–Crippen MR) is 85.4 cm³/mol. The Bertz CT molecular complexity index is 671. The van der Waals surface area contributed by atoms with Gasteiger partial charge in [0.15, 0.2) is 6.61 Å². The van der Waals surface area contributed by atoms with Gasteiger partial charge in [0.25, 0.3) is 11.8 Å². The van der Waals surface area contributed by atoms with E-state index in [1.807, 2.05) is 0 Å². The number of carbonyl (C=O) groups excluding carboxylic acids is 2. The lowest BCUT2D eigenvalue weighted by Crippen LogP contribution is -2.24. The largest absolute Gasteiger partial charge is 0.484 e. The van der Waals surface area contributed by atoms with E-state index in [0.717, 1.165) is 0 Å². The first-order chi connectivity index (χ1) is 10.6. The molecular formula is C16H15ClN2O3. The van der Waals surface area contributed by atoms with E-state index in [4.69, 9.17) is 16.3 Å². The van der Waals surface area contributed by atoms with Crippen LogP contribution in [0.1, 0.15) is 10.4 Å². The van der Waals surface area contributed by atoms with E-state index in [2.05, 4.69) is 10.6 Å². The first-order valence-corrected chi connectivity index (χ1v) is 6.97. The highest BCUT2D eigenvalue weighted by atomic mass is 35.5. The Morgan fingerprint density at radius 2 is 1.77 bits per heavy atom. The summed E-state index contributed by atoms with van der Waals surface area (Å²) in [5.41, 5.74) is 1.02. The molecule has 2 N–H and O–H groups in total. The van der Waals surface area contributed by atoms with Crippen LogP contribution in [0, 0.1) is 0 Å². The monoisotopic (exact) mass is 318 g/mol. The summed E-state index contributed by atoms with van der Waals surface area (Å²) in [4.78, 5) is 23.2. The minimum Gasteiger partial charge on any atom is -0.484 e.